The number of benzene rings is 2. The molecule has 4 rings (SSSR count). The van der Waals surface area contributed by atoms with Gasteiger partial charge in [-0.15, -0.1) is 0 Å². The maximum atomic E-state index is 12.9. The molecular formula is C23H26N4O5. The number of hydrogen-bond donors (Lipinski definition) is 1. The highest BCUT2D eigenvalue weighted by Gasteiger charge is 2.33. The molecule has 168 valence electrons. The largest absolute Gasteiger partial charge is 0.493 e. The number of hydrogen-bond acceptors (Lipinski definition) is 7. The first-order chi connectivity index (χ1) is 15.6. The highest BCUT2D eigenvalue weighted by Crippen LogP contribution is 2.33. The molecule has 0 bridgehead atoms. The molecule has 9 nitrogen and oxygen atoms in total. The average Bonchev–Trinajstić information content (AvgIpc) is 3.48. The molecule has 3 aromatic rings. The van der Waals surface area contributed by atoms with Crippen molar-refractivity contribution < 1.29 is 23.5 Å². The summed E-state index contributed by atoms with van der Waals surface area (Å²) in [5.41, 5.74) is 1.77. The fourth-order valence-electron chi connectivity index (χ4n) is 3.63. The lowest BCUT2D eigenvalue weighted by molar-refractivity contribution is 0.203. The SMILES string of the molecule is COc1ccc(NC(=O)N2CCCC2c2noc(COc3ccc(C)cc3)n2)cc1OC. The Balaban J connectivity index is 1.40. The highest BCUT2D eigenvalue weighted by molar-refractivity contribution is 5.90. The van der Waals surface area contributed by atoms with Gasteiger partial charge in [-0.3, -0.25) is 0 Å². The molecular weight excluding hydrogens is 412 g/mol. The van der Waals surface area contributed by atoms with Gasteiger partial charge < -0.3 is 29.0 Å². The van der Waals surface area contributed by atoms with Crippen molar-refractivity contribution in [1.82, 2.24) is 15.0 Å². The van der Waals surface area contributed by atoms with Crippen molar-refractivity contribution in [2.75, 3.05) is 26.1 Å². The lowest BCUT2D eigenvalue weighted by Gasteiger charge is -2.22. The van der Waals surface area contributed by atoms with E-state index in [1.54, 1.807) is 37.3 Å². The summed E-state index contributed by atoms with van der Waals surface area (Å²) in [6, 6.07) is 12.5. The number of likely N-dealkylation sites (tertiary alicyclic amines) is 1. The number of urea groups is 1. The van der Waals surface area contributed by atoms with E-state index in [0.29, 0.717) is 35.4 Å². The standard InChI is InChI=1S/C23H26N4O5/c1-15-6-9-17(10-7-15)31-14-21-25-22(26-32-21)18-5-4-12-27(18)23(28)24-16-8-11-19(29-2)20(13-16)30-3/h6-11,13,18H,4-5,12,14H2,1-3H3,(H,24,28). The Kier molecular flexibility index (Phi) is 6.44. The van der Waals surface area contributed by atoms with Crippen LogP contribution in [-0.4, -0.2) is 41.8 Å². The molecule has 2 amide bonds. The quantitative estimate of drug-likeness (QED) is 0.586. The second kappa shape index (κ2) is 9.59. The number of carbonyl (C=O) groups excluding carboxylic acids is 1. The number of nitrogens with zero attached hydrogens (tertiary/aromatic N) is 3. The molecule has 2 heterocycles. The van der Waals surface area contributed by atoms with Gasteiger partial charge in [-0.05, 0) is 44.0 Å². The molecule has 1 N–H and O–H groups in total. The summed E-state index contributed by atoms with van der Waals surface area (Å²) >= 11 is 0. The first kappa shape index (κ1) is 21.5. The normalized spacial score (nSPS) is 15.5. The van der Waals surface area contributed by atoms with Crippen molar-refractivity contribution >= 4 is 11.7 Å². The monoisotopic (exact) mass is 438 g/mol. The van der Waals surface area contributed by atoms with Crippen LogP contribution in [0.15, 0.2) is 47.0 Å². The molecule has 1 saturated heterocycles. The highest BCUT2D eigenvalue weighted by atomic mass is 16.5. The first-order valence-electron chi connectivity index (χ1n) is 10.4. The average molecular weight is 438 g/mol. The first-order valence-corrected chi connectivity index (χ1v) is 10.4. The number of carbonyl (C=O) groups is 1. The summed E-state index contributed by atoms with van der Waals surface area (Å²) in [5, 5.41) is 7.00. The van der Waals surface area contributed by atoms with Crippen molar-refractivity contribution in [3.05, 3.63) is 59.7 Å². The number of aromatic nitrogens is 2. The van der Waals surface area contributed by atoms with E-state index in [0.717, 1.165) is 24.2 Å². The number of anilines is 1. The van der Waals surface area contributed by atoms with Crippen LogP contribution >= 0.6 is 0 Å². The fourth-order valence-corrected chi connectivity index (χ4v) is 3.63. The molecule has 1 atom stereocenters. The van der Waals surface area contributed by atoms with E-state index in [4.69, 9.17) is 18.7 Å². The Bertz CT molecular complexity index is 1070. The summed E-state index contributed by atoms with van der Waals surface area (Å²) in [4.78, 5) is 19.1. The number of rotatable bonds is 7. The third-order valence-corrected chi connectivity index (χ3v) is 5.31. The van der Waals surface area contributed by atoms with Crippen LogP contribution in [0.3, 0.4) is 0 Å². The fraction of sp³-hybridized carbons (Fsp3) is 0.348. The minimum absolute atomic E-state index is 0.167. The predicted molar refractivity (Wildman–Crippen MR) is 117 cm³/mol. The van der Waals surface area contributed by atoms with Gasteiger partial charge in [0, 0.05) is 18.3 Å². The minimum Gasteiger partial charge on any atom is -0.493 e. The molecule has 32 heavy (non-hydrogen) atoms. The molecule has 1 aliphatic heterocycles. The van der Waals surface area contributed by atoms with Crippen molar-refractivity contribution in [2.24, 2.45) is 0 Å². The Labute approximate surface area is 186 Å². The zero-order chi connectivity index (χ0) is 22.5. The molecule has 0 aliphatic carbocycles. The second-order valence-electron chi connectivity index (χ2n) is 7.50. The van der Waals surface area contributed by atoms with Crippen LogP contribution in [0.2, 0.25) is 0 Å². The Morgan fingerprint density at radius 2 is 1.94 bits per heavy atom. The molecule has 1 fully saturated rings. The third-order valence-electron chi connectivity index (χ3n) is 5.31. The molecule has 0 radical (unpaired) electrons. The Hall–Kier alpha value is -3.75. The number of methoxy groups -OCH3 is 2. The van der Waals surface area contributed by atoms with Gasteiger partial charge in [-0.2, -0.15) is 4.98 Å². The Morgan fingerprint density at radius 1 is 1.16 bits per heavy atom. The number of nitrogens with one attached hydrogen (secondary N) is 1. The summed E-state index contributed by atoms with van der Waals surface area (Å²) in [6.07, 6.45) is 1.62. The van der Waals surface area contributed by atoms with Crippen LogP contribution in [0.4, 0.5) is 10.5 Å². The summed E-state index contributed by atoms with van der Waals surface area (Å²) < 4.78 is 21.6. The van der Waals surface area contributed by atoms with Crippen molar-refractivity contribution in [1.29, 1.82) is 0 Å². The van der Waals surface area contributed by atoms with Gasteiger partial charge in [0.2, 0.25) is 0 Å². The number of ether oxygens (including phenoxy) is 3. The van der Waals surface area contributed by atoms with Gasteiger partial charge in [0.1, 0.15) is 5.75 Å². The summed E-state index contributed by atoms with van der Waals surface area (Å²) in [6.45, 7) is 2.79. The molecule has 9 heteroatoms. The van der Waals surface area contributed by atoms with Gasteiger partial charge in [-0.1, -0.05) is 22.9 Å². The second-order valence-corrected chi connectivity index (χ2v) is 7.50. The van der Waals surface area contributed by atoms with Crippen LogP contribution in [0.25, 0.3) is 0 Å². The number of amides is 2. The number of aryl methyl sites for hydroxylation is 1. The van der Waals surface area contributed by atoms with Gasteiger partial charge in [0.25, 0.3) is 5.89 Å². The zero-order valence-corrected chi connectivity index (χ0v) is 18.3. The smallest absolute Gasteiger partial charge is 0.322 e. The van der Waals surface area contributed by atoms with E-state index in [-0.39, 0.29) is 18.7 Å². The van der Waals surface area contributed by atoms with Gasteiger partial charge in [0.15, 0.2) is 23.9 Å². The van der Waals surface area contributed by atoms with Crippen LogP contribution < -0.4 is 19.5 Å². The molecule has 1 aromatic heterocycles. The van der Waals surface area contributed by atoms with Crippen LogP contribution in [0, 0.1) is 6.92 Å². The maximum absolute atomic E-state index is 12.9. The minimum atomic E-state index is -0.257. The topological polar surface area (TPSA) is 99.0 Å². The lowest BCUT2D eigenvalue weighted by atomic mass is 10.2. The molecule has 2 aromatic carbocycles. The molecule has 0 spiro atoms. The van der Waals surface area contributed by atoms with Crippen LogP contribution in [0.5, 0.6) is 17.2 Å². The van der Waals surface area contributed by atoms with Gasteiger partial charge >= 0.3 is 6.03 Å². The third kappa shape index (κ3) is 4.77. The van der Waals surface area contributed by atoms with E-state index < -0.39 is 0 Å². The van der Waals surface area contributed by atoms with Crippen molar-refractivity contribution in [2.45, 2.75) is 32.4 Å². The zero-order valence-electron chi connectivity index (χ0n) is 18.3. The van der Waals surface area contributed by atoms with Gasteiger partial charge in [0.05, 0.1) is 20.3 Å². The maximum Gasteiger partial charge on any atom is 0.322 e. The Morgan fingerprint density at radius 3 is 2.69 bits per heavy atom. The summed E-state index contributed by atoms with van der Waals surface area (Å²) in [7, 11) is 3.12. The van der Waals surface area contributed by atoms with Crippen molar-refractivity contribution in [3.8, 4) is 17.2 Å². The van der Waals surface area contributed by atoms with E-state index in [1.165, 1.54) is 0 Å². The molecule has 1 unspecified atom stereocenters. The summed E-state index contributed by atoms with van der Waals surface area (Å²) in [5.74, 6) is 2.71. The molecule has 1 aliphatic rings. The lowest BCUT2D eigenvalue weighted by Crippen LogP contribution is -2.34. The van der Waals surface area contributed by atoms with E-state index >= 15 is 0 Å². The van der Waals surface area contributed by atoms with Crippen molar-refractivity contribution in [3.63, 3.8) is 0 Å². The van der Waals surface area contributed by atoms with E-state index in [2.05, 4.69) is 15.5 Å². The predicted octanol–water partition coefficient (Wildman–Crippen LogP) is 4.34. The van der Waals surface area contributed by atoms with Gasteiger partial charge in [-0.25, -0.2) is 4.79 Å². The van der Waals surface area contributed by atoms with E-state index in [1.807, 2.05) is 31.2 Å². The van der Waals surface area contributed by atoms with E-state index in [9.17, 15) is 4.79 Å². The molecule has 0 saturated carbocycles. The van der Waals surface area contributed by atoms with Crippen LogP contribution in [-0.2, 0) is 6.61 Å². The van der Waals surface area contributed by atoms with Crippen LogP contribution in [0.1, 0.15) is 36.2 Å².